The molecule has 3 aromatic carbocycles. The third-order valence-electron chi connectivity index (χ3n) is 5.85. The fourth-order valence-corrected chi connectivity index (χ4v) is 4.96. The zero-order valence-electron chi connectivity index (χ0n) is 19.1. The van der Waals surface area contributed by atoms with E-state index in [9.17, 15) is 4.79 Å². The van der Waals surface area contributed by atoms with Crippen molar-refractivity contribution in [1.29, 1.82) is 0 Å². The highest BCUT2D eigenvalue weighted by molar-refractivity contribution is 8.18. The molecule has 0 saturated heterocycles. The molecule has 0 aromatic heterocycles. The number of nitrogens with zero attached hydrogens (tertiary/aromatic N) is 3. The van der Waals surface area contributed by atoms with Crippen molar-refractivity contribution in [2.75, 3.05) is 14.2 Å². The number of para-hydroxylation sites is 1. The first-order chi connectivity index (χ1) is 17.1. The Labute approximate surface area is 212 Å². The third kappa shape index (κ3) is 4.83. The summed E-state index contributed by atoms with van der Waals surface area (Å²) in [5, 5.41) is 7.19. The van der Waals surface area contributed by atoms with Crippen molar-refractivity contribution in [3.63, 3.8) is 0 Å². The lowest BCUT2D eigenvalue weighted by Gasteiger charge is -2.24. The number of rotatable bonds is 5. The van der Waals surface area contributed by atoms with E-state index in [1.54, 1.807) is 14.2 Å². The summed E-state index contributed by atoms with van der Waals surface area (Å²) in [4.78, 5) is 17.5. The van der Waals surface area contributed by atoms with Gasteiger partial charge in [-0.05, 0) is 71.4 Å². The van der Waals surface area contributed by atoms with Crippen LogP contribution < -0.4 is 9.47 Å². The molecule has 1 unspecified atom stereocenters. The Kier molecular flexibility index (Phi) is 6.61. The van der Waals surface area contributed by atoms with Crippen molar-refractivity contribution >= 4 is 46.2 Å². The van der Waals surface area contributed by atoms with Gasteiger partial charge in [0.2, 0.25) is 0 Å². The molecule has 176 valence electrons. The quantitative estimate of drug-likeness (QED) is 0.382. The number of hydrogen-bond donors (Lipinski definition) is 0. The Hall–Kier alpha value is -3.55. The predicted octanol–water partition coefficient (Wildman–Crippen LogP) is 6.81. The summed E-state index contributed by atoms with van der Waals surface area (Å²) in [7, 11) is 3.27. The molecular formula is C27H22ClN3O3S. The molecule has 2 heterocycles. The van der Waals surface area contributed by atoms with E-state index in [0.29, 0.717) is 17.3 Å². The predicted molar refractivity (Wildman–Crippen MR) is 142 cm³/mol. The second kappa shape index (κ2) is 9.98. The first-order valence-electron chi connectivity index (χ1n) is 11.0. The maximum Gasteiger partial charge on any atom is 0.311 e. The van der Waals surface area contributed by atoms with Crippen LogP contribution in [0.2, 0.25) is 5.02 Å². The van der Waals surface area contributed by atoms with Crippen LogP contribution in [-0.4, -0.2) is 36.0 Å². The number of thioether (sulfide) groups is 1. The Balaban J connectivity index is 1.57. The lowest BCUT2D eigenvalue weighted by atomic mass is 9.98. The zero-order valence-corrected chi connectivity index (χ0v) is 20.7. The molecule has 1 atom stereocenters. The van der Waals surface area contributed by atoms with Crippen LogP contribution in [0.15, 0.2) is 87.8 Å². The van der Waals surface area contributed by atoms with Gasteiger partial charge in [-0.3, -0.25) is 4.79 Å². The molecule has 0 bridgehead atoms. The Bertz CT molecular complexity index is 1350. The summed E-state index contributed by atoms with van der Waals surface area (Å²) in [6.45, 7) is 0. The van der Waals surface area contributed by atoms with E-state index in [1.165, 1.54) is 0 Å². The zero-order chi connectivity index (χ0) is 24.4. The number of hydrogen-bond acceptors (Lipinski definition) is 6. The van der Waals surface area contributed by atoms with Crippen molar-refractivity contribution in [3.8, 4) is 11.5 Å². The van der Waals surface area contributed by atoms with Crippen LogP contribution in [-0.2, 0) is 0 Å². The van der Waals surface area contributed by atoms with Crippen LogP contribution in [0.4, 0.5) is 4.79 Å². The molecule has 6 nitrogen and oxygen atoms in total. The van der Waals surface area contributed by atoms with Gasteiger partial charge in [-0.1, -0.05) is 41.9 Å². The van der Waals surface area contributed by atoms with Gasteiger partial charge in [0.1, 0.15) is 11.5 Å². The third-order valence-corrected chi connectivity index (χ3v) is 6.88. The molecule has 3 aromatic rings. The molecule has 8 heteroatoms. The van der Waals surface area contributed by atoms with Gasteiger partial charge in [0.25, 0.3) is 0 Å². The van der Waals surface area contributed by atoms with E-state index in [1.807, 2.05) is 83.9 Å². The summed E-state index contributed by atoms with van der Waals surface area (Å²) in [6, 6.07) is 23.0. The molecule has 0 N–H and O–H groups in total. The van der Waals surface area contributed by atoms with E-state index in [0.717, 1.165) is 50.6 Å². The summed E-state index contributed by atoms with van der Waals surface area (Å²) < 4.78 is 10.8. The second-order valence-corrected chi connectivity index (χ2v) is 9.37. The number of aliphatic imine (C=N–C) groups is 1. The summed E-state index contributed by atoms with van der Waals surface area (Å²) >= 11 is 7.24. The molecule has 0 fully saturated rings. The molecule has 0 aliphatic carbocycles. The van der Waals surface area contributed by atoms with Crippen LogP contribution in [0.1, 0.15) is 29.2 Å². The molecule has 5 rings (SSSR count). The average molecular weight is 504 g/mol. The van der Waals surface area contributed by atoms with Gasteiger partial charge >= 0.3 is 5.24 Å². The first-order valence-corrected chi connectivity index (χ1v) is 12.2. The van der Waals surface area contributed by atoms with Gasteiger partial charge in [-0.15, -0.1) is 0 Å². The van der Waals surface area contributed by atoms with E-state index < -0.39 is 0 Å². The Morgan fingerprint density at radius 1 is 1.00 bits per heavy atom. The van der Waals surface area contributed by atoms with Gasteiger partial charge < -0.3 is 9.47 Å². The SMILES string of the molecule is COc1ccc(C2=NN(C3=NC(=O)S/C3=C\c3ccccc3OC)C(c3ccc(Cl)cc3)C2)cc1. The number of halogens is 1. The van der Waals surface area contributed by atoms with Crippen LogP contribution in [0.3, 0.4) is 0 Å². The fraction of sp³-hybridized carbons (Fsp3) is 0.148. The number of carbonyl (C=O) groups excluding carboxylic acids is 1. The number of methoxy groups -OCH3 is 2. The largest absolute Gasteiger partial charge is 0.497 e. The van der Waals surface area contributed by atoms with Crippen LogP contribution >= 0.6 is 23.4 Å². The topological polar surface area (TPSA) is 63.5 Å². The Morgan fingerprint density at radius 3 is 2.46 bits per heavy atom. The summed E-state index contributed by atoms with van der Waals surface area (Å²) in [5.41, 5.74) is 3.78. The van der Waals surface area contributed by atoms with Crippen molar-refractivity contribution in [1.82, 2.24) is 5.01 Å². The molecular weight excluding hydrogens is 482 g/mol. The number of benzene rings is 3. The highest BCUT2D eigenvalue weighted by Gasteiger charge is 2.37. The number of amidine groups is 1. The average Bonchev–Trinajstić information content (AvgIpc) is 3.48. The van der Waals surface area contributed by atoms with Gasteiger partial charge in [0.15, 0.2) is 5.84 Å². The second-order valence-electron chi connectivity index (χ2n) is 7.95. The normalized spacial score (nSPS) is 18.6. The molecule has 2 aliphatic heterocycles. The highest BCUT2D eigenvalue weighted by Crippen LogP contribution is 2.40. The minimum Gasteiger partial charge on any atom is -0.497 e. The van der Waals surface area contributed by atoms with Crippen molar-refractivity contribution < 1.29 is 14.3 Å². The molecule has 1 amide bonds. The fourth-order valence-electron chi connectivity index (χ4n) is 4.10. The van der Waals surface area contributed by atoms with Gasteiger partial charge in [0.05, 0.1) is 30.9 Å². The smallest absolute Gasteiger partial charge is 0.311 e. The number of hydrazone groups is 1. The van der Waals surface area contributed by atoms with Crippen molar-refractivity contribution in [3.05, 3.63) is 99.4 Å². The minimum absolute atomic E-state index is 0.143. The van der Waals surface area contributed by atoms with E-state index in [4.69, 9.17) is 26.2 Å². The highest BCUT2D eigenvalue weighted by atomic mass is 35.5. The summed E-state index contributed by atoms with van der Waals surface area (Å²) in [5.74, 6) is 2.02. The number of carbonyl (C=O) groups is 1. The number of ether oxygens (including phenoxy) is 2. The lowest BCUT2D eigenvalue weighted by molar-refractivity contribution is 0.267. The molecule has 0 saturated carbocycles. The molecule has 35 heavy (non-hydrogen) atoms. The maximum absolute atomic E-state index is 12.5. The van der Waals surface area contributed by atoms with Crippen molar-refractivity contribution in [2.24, 2.45) is 10.1 Å². The van der Waals surface area contributed by atoms with Crippen LogP contribution in [0.5, 0.6) is 11.5 Å². The van der Waals surface area contributed by atoms with Crippen molar-refractivity contribution in [2.45, 2.75) is 12.5 Å². The monoisotopic (exact) mass is 503 g/mol. The standard InChI is InChI=1S/C27H22ClN3O3S/c1-33-21-13-9-17(10-14-21)22-16-23(18-7-11-20(28)12-8-18)31(30-22)26-25(35-27(32)29-26)15-19-5-3-4-6-24(19)34-2/h3-15,23H,16H2,1-2H3/b25-15-. The lowest BCUT2D eigenvalue weighted by Crippen LogP contribution is -2.26. The molecule has 0 radical (unpaired) electrons. The van der Waals surface area contributed by atoms with Crippen LogP contribution in [0, 0.1) is 0 Å². The van der Waals surface area contributed by atoms with Crippen LogP contribution in [0.25, 0.3) is 6.08 Å². The van der Waals surface area contributed by atoms with Gasteiger partial charge in [-0.2, -0.15) is 10.1 Å². The first kappa shape index (κ1) is 23.2. The molecule has 2 aliphatic rings. The number of amides is 1. The summed E-state index contributed by atoms with van der Waals surface area (Å²) in [6.07, 6.45) is 2.57. The minimum atomic E-state index is -0.274. The maximum atomic E-state index is 12.5. The van der Waals surface area contributed by atoms with Gasteiger partial charge in [0, 0.05) is 17.0 Å². The van der Waals surface area contributed by atoms with E-state index >= 15 is 0 Å². The molecule has 0 spiro atoms. The van der Waals surface area contributed by atoms with E-state index in [2.05, 4.69) is 4.99 Å². The Morgan fingerprint density at radius 2 is 1.74 bits per heavy atom. The van der Waals surface area contributed by atoms with E-state index in [-0.39, 0.29) is 11.3 Å². The van der Waals surface area contributed by atoms with Gasteiger partial charge in [-0.25, -0.2) is 5.01 Å².